The highest BCUT2D eigenvalue weighted by atomic mass is 32.2. The van der Waals surface area contributed by atoms with Crippen LogP contribution in [0.4, 0.5) is 15.8 Å². The number of aryl methyl sites for hydroxylation is 1. The van der Waals surface area contributed by atoms with Gasteiger partial charge in [-0.1, -0.05) is 6.07 Å². The number of benzene rings is 2. The van der Waals surface area contributed by atoms with Crippen molar-refractivity contribution < 1.29 is 13.9 Å². The molecule has 1 aliphatic heterocycles. The van der Waals surface area contributed by atoms with Gasteiger partial charge in [0, 0.05) is 28.8 Å². The number of rotatable bonds is 6. The lowest BCUT2D eigenvalue weighted by Gasteiger charge is -2.16. The maximum Gasteiger partial charge on any atom is 0.238 e. The Balaban J connectivity index is 1.92. The number of aldehydes is 1. The van der Waals surface area contributed by atoms with Crippen LogP contribution in [-0.4, -0.2) is 30.8 Å². The molecule has 0 fully saturated rings. The molecule has 148 valence electrons. The number of carbonyl (C=O) groups excluding carboxylic acids is 1. The van der Waals surface area contributed by atoms with Crippen molar-refractivity contribution >= 4 is 29.4 Å². The summed E-state index contributed by atoms with van der Waals surface area (Å²) in [6, 6.07) is 13.1. The van der Waals surface area contributed by atoms with E-state index < -0.39 is 0 Å². The van der Waals surface area contributed by atoms with E-state index in [1.54, 1.807) is 37.9 Å². The predicted octanol–water partition coefficient (Wildman–Crippen LogP) is 4.96. The summed E-state index contributed by atoms with van der Waals surface area (Å²) in [6.07, 6.45) is 0.682. The Hall–Kier alpha value is -3.06. The van der Waals surface area contributed by atoms with Crippen LogP contribution in [0.25, 0.3) is 22.4 Å². The minimum atomic E-state index is -0.264. The zero-order valence-corrected chi connectivity index (χ0v) is 16.9. The van der Waals surface area contributed by atoms with Crippen molar-refractivity contribution in [1.82, 2.24) is 4.98 Å². The summed E-state index contributed by atoms with van der Waals surface area (Å²) in [7, 11) is 1.78. The van der Waals surface area contributed by atoms with Crippen molar-refractivity contribution in [2.24, 2.45) is 0 Å². The molecule has 0 unspecified atom stereocenters. The Labute approximate surface area is 172 Å². The Morgan fingerprint density at radius 2 is 2.07 bits per heavy atom. The minimum absolute atomic E-state index is 0.0932. The number of fused-ring (bicyclic) bond motifs is 1. The van der Waals surface area contributed by atoms with Crippen molar-refractivity contribution in [3.63, 3.8) is 0 Å². The second-order valence-corrected chi connectivity index (χ2v) is 7.62. The zero-order chi connectivity index (χ0) is 20.4. The van der Waals surface area contributed by atoms with Crippen LogP contribution in [0.15, 0.2) is 47.4 Å². The summed E-state index contributed by atoms with van der Waals surface area (Å²) in [6.45, 7) is 1.63. The molecule has 5 nitrogen and oxygen atoms in total. The molecule has 0 saturated heterocycles. The molecule has 1 aliphatic rings. The number of hydrogen-bond donors (Lipinski definition) is 2. The van der Waals surface area contributed by atoms with Crippen LogP contribution in [0, 0.1) is 12.7 Å². The molecule has 0 amide bonds. The third-order valence-corrected chi connectivity index (χ3v) is 5.70. The van der Waals surface area contributed by atoms with Gasteiger partial charge in [0.1, 0.15) is 12.4 Å². The van der Waals surface area contributed by atoms with E-state index in [-0.39, 0.29) is 12.4 Å². The van der Waals surface area contributed by atoms with Crippen molar-refractivity contribution in [1.29, 1.82) is 0 Å². The van der Waals surface area contributed by atoms with Gasteiger partial charge < -0.3 is 15.4 Å². The SMILES string of the molecule is CNc1cc(-c2ccc3c(c2)SCN3)c(-c2ccc(F)c(C)c2)nc1OCC=O. The predicted molar refractivity (Wildman–Crippen MR) is 115 cm³/mol. The number of aromatic nitrogens is 1. The van der Waals surface area contributed by atoms with E-state index in [9.17, 15) is 9.18 Å². The molecule has 0 saturated carbocycles. The highest BCUT2D eigenvalue weighted by Gasteiger charge is 2.18. The van der Waals surface area contributed by atoms with Crippen molar-refractivity contribution in [2.75, 3.05) is 30.2 Å². The van der Waals surface area contributed by atoms with E-state index in [1.165, 1.54) is 11.0 Å². The molecule has 0 aliphatic carbocycles. The van der Waals surface area contributed by atoms with Gasteiger partial charge in [-0.2, -0.15) is 0 Å². The minimum Gasteiger partial charge on any atom is -0.468 e. The standard InChI is InChI=1S/C22H20FN3O2S/c1-13-9-15(3-5-17(13)23)21-16(11-19(24-2)22(26-21)28-8-7-27)14-4-6-18-20(10-14)29-12-25-18/h3-7,9-11,24-25H,8,12H2,1-2H3. The smallest absolute Gasteiger partial charge is 0.238 e. The second kappa shape index (κ2) is 8.13. The molecule has 0 bridgehead atoms. The van der Waals surface area contributed by atoms with Gasteiger partial charge in [0.25, 0.3) is 0 Å². The maximum absolute atomic E-state index is 13.8. The third-order valence-electron chi connectivity index (χ3n) is 4.76. The van der Waals surface area contributed by atoms with Crippen molar-refractivity contribution in [3.05, 3.63) is 53.8 Å². The Bertz CT molecular complexity index is 1090. The number of pyridine rings is 1. The van der Waals surface area contributed by atoms with E-state index in [0.29, 0.717) is 29.1 Å². The monoisotopic (exact) mass is 409 g/mol. The summed E-state index contributed by atoms with van der Waals surface area (Å²) in [5, 5.41) is 6.42. The summed E-state index contributed by atoms with van der Waals surface area (Å²) in [5.41, 5.74) is 5.68. The van der Waals surface area contributed by atoms with E-state index in [4.69, 9.17) is 9.72 Å². The molecule has 4 rings (SSSR count). The van der Waals surface area contributed by atoms with Gasteiger partial charge in [0.15, 0.2) is 6.29 Å². The van der Waals surface area contributed by atoms with E-state index in [2.05, 4.69) is 22.8 Å². The highest BCUT2D eigenvalue weighted by molar-refractivity contribution is 7.99. The van der Waals surface area contributed by atoms with Gasteiger partial charge in [0.05, 0.1) is 17.3 Å². The molecule has 7 heteroatoms. The first-order chi connectivity index (χ1) is 14.1. The lowest BCUT2D eigenvalue weighted by atomic mass is 9.97. The van der Waals surface area contributed by atoms with Crippen LogP contribution in [0.2, 0.25) is 0 Å². The first kappa shape index (κ1) is 19.3. The lowest BCUT2D eigenvalue weighted by molar-refractivity contribution is -0.109. The fraction of sp³-hybridized carbons (Fsp3) is 0.182. The second-order valence-electron chi connectivity index (χ2n) is 6.61. The zero-order valence-electron chi connectivity index (χ0n) is 16.1. The van der Waals surface area contributed by atoms with Crippen molar-refractivity contribution in [2.45, 2.75) is 11.8 Å². The molecule has 1 aromatic heterocycles. The maximum atomic E-state index is 13.8. The Morgan fingerprint density at radius 3 is 2.83 bits per heavy atom. The fourth-order valence-electron chi connectivity index (χ4n) is 3.28. The van der Waals surface area contributed by atoms with Crippen LogP contribution in [0.3, 0.4) is 0 Å². The third kappa shape index (κ3) is 3.78. The van der Waals surface area contributed by atoms with E-state index in [0.717, 1.165) is 28.3 Å². The van der Waals surface area contributed by atoms with Crippen LogP contribution < -0.4 is 15.4 Å². The molecular formula is C22H20FN3O2S. The van der Waals surface area contributed by atoms with Crippen LogP contribution in [-0.2, 0) is 4.79 Å². The van der Waals surface area contributed by atoms with Crippen LogP contribution in [0.5, 0.6) is 5.88 Å². The largest absolute Gasteiger partial charge is 0.468 e. The number of anilines is 2. The molecule has 0 atom stereocenters. The topological polar surface area (TPSA) is 63.3 Å². The first-order valence-corrected chi connectivity index (χ1v) is 10.2. The number of nitrogens with one attached hydrogen (secondary N) is 2. The summed E-state index contributed by atoms with van der Waals surface area (Å²) in [5.74, 6) is 0.915. The van der Waals surface area contributed by atoms with Gasteiger partial charge in [-0.05, 0) is 54.4 Å². The highest BCUT2D eigenvalue weighted by Crippen LogP contribution is 2.41. The van der Waals surface area contributed by atoms with Gasteiger partial charge in [-0.15, -0.1) is 11.8 Å². The van der Waals surface area contributed by atoms with Gasteiger partial charge in [0.2, 0.25) is 5.88 Å². The van der Waals surface area contributed by atoms with E-state index >= 15 is 0 Å². The summed E-state index contributed by atoms with van der Waals surface area (Å²) >= 11 is 1.75. The molecule has 2 heterocycles. The van der Waals surface area contributed by atoms with Gasteiger partial charge in [-0.25, -0.2) is 9.37 Å². The normalized spacial score (nSPS) is 12.2. The molecule has 29 heavy (non-hydrogen) atoms. The number of nitrogens with zero attached hydrogens (tertiary/aromatic N) is 1. The van der Waals surface area contributed by atoms with Crippen LogP contribution in [0.1, 0.15) is 5.56 Å². The number of thioether (sulfide) groups is 1. The molecule has 2 N–H and O–H groups in total. The summed E-state index contributed by atoms with van der Waals surface area (Å²) < 4.78 is 19.4. The van der Waals surface area contributed by atoms with E-state index in [1.807, 2.05) is 12.1 Å². The Kier molecular flexibility index (Phi) is 5.40. The van der Waals surface area contributed by atoms with Crippen LogP contribution >= 0.6 is 11.8 Å². The number of halogens is 1. The number of hydrogen-bond acceptors (Lipinski definition) is 6. The molecular weight excluding hydrogens is 389 g/mol. The first-order valence-electron chi connectivity index (χ1n) is 9.17. The van der Waals surface area contributed by atoms with Gasteiger partial charge >= 0.3 is 0 Å². The average molecular weight is 409 g/mol. The van der Waals surface area contributed by atoms with Gasteiger partial charge in [-0.3, -0.25) is 4.79 Å². The van der Waals surface area contributed by atoms with Crippen molar-refractivity contribution in [3.8, 4) is 28.3 Å². The fourth-order valence-corrected chi connectivity index (χ4v) is 4.17. The molecule has 0 radical (unpaired) electrons. The number of carbonyl (C=O) groups is 1. The molecule has 2 aromatic carbocycles. The number of ether oxygens (including phenoxy) is 1. The summed E-state index contributed by atoms with van der Waals surface area (Å²) in [4.78, 5) is 16.7. The average Bonchev–Trinajstić information content (AvgIpc) is 3.21. The Morgan fingerprint density at radius 1 is 1.24 bits per heavy atom. The molecule has 0 spiro atoms. The molecule has 3 aromatic rings. The lowest BCUT2D eigenvalue weighted by Crippen LogP contribution is -2.05. The quantitative estimate of drug-likeness (QED) is 0.561.